The Morgan fingerprint density at radius 2 is 1.47 bits per heavy atom. The van der Waals surface area contributed by atoms with Gasteiger partial charge >= 0.3 is 0 Å². The summed E-state index contributed by atoms with van der Waals surface area (Å²) in [5.74, 6) is 3.43. The lowest BCUT2D eigenvalue weighted by atomic mass is 9.99. The average molecular weight is 441 g/mol. The van der Waals surface area contributed by atoms with Crippen molar-refractivity contribution in [2.45, 2.75) is 32.9 Å². The molecule has 1 aliphatic heterocycles. The molecule has 0 unspecified atom stereocenters. The molecule has 7 nitrogen and oxygen atoms in total. The highest BCUT2D eigenvalue weighted by Crippen LogP contribution is 2.38. The van der Waals surface area contributed by atoms with Gasteiger partial charge in [-0.15, -0.1) is 0 Å². The molecule has 1 fully saturated rings. The van der Waals surface area contributed by atoms with E-state index < -0.39 is 0 Å². The van der Waals surface area contributed by atoms with Crippen LogP contribution in [0.2, 0.25) is 0 Å². The molecule has 2 aromatic rings. The summed E-state index contributed by atoms with van der Waals surface area (Å²) < 4.78 is 16.3. The molecule has 0 aliphatic carbocycles. The van der Waals surface area contributed by atoms with Crippen LogP contribution in [-0.4, -0.2) is 47.4 Å². The van der Waals surface area contributed by atoms with Crippen LogP contribution in [0.15, 0.2) is 41.4 Å². The fourth-order valence-corrected chi connectivity index (χ4v) is 3.92. The summed E-state index contributed by atoms with van der Waals surface area (Å²) >= 11 is 0. The van der Waals surface area contributed by atoms with Gasteiger partial charge in [0.05, 0.1) is 21.3 Å². The predicted molar refractivity (Wildman–Crippen MR) is 130 cm³/mol. The number of nitrogens with one attached hydrogen (secondary N) is 2. The largest absolute Gasteiger partial charge is 0.493 e. The first-order valence-corrected chi connectivity index (χ1v) is 11.1. The molecule has 1 aliphatic rings. The van der Waals surface area contributed by atoms with Crippen molar-refractivity contribution in [3.63, 3.8) is 0 Å². The van der Waals surface area contributed by atoms with Crippen molar-refractivity contribution in [3.05, 3.63) is 47.5 Å². The molecule has 0 radical (unpaired) electrons. The summed E-state index contributed by atoms with van der Waals surface area (Å²) in [4.78, 5) is 6.82. The Morgan fingerprint density at radius 1 is 0.906 bits per heavy atom. The number of piperidine rings is 1. The van der Waals surface area contributed by atoms with E-state index in [1.54, 1.807) is 28.4 Å². The minimum absolute atomic E-state index is 0.572. The summed E-state index contributed by atoms with van der Waals surface area (Å²) in [6, 6.07) is 12.7. The zero-order valence-electron chi connectivity index (χ0n) is 19.9. The first-order valence-electron chi connectivity index (χ1n) is 11.1. The molecule has 1 heterocycles. The van der Waals surface area contributed by atoms with Gasteiger partial charge in [0.2, 0.25) is 5.75 Å². The van der Waals surface area contributed by atoms with Crippen molar-refractivity contribution in [3.8, 4) is 17.2 Å². The van der Waals surface area contributed by atoms with E-state index >= 15 is 0 Å². The molecule has 2 N–H and O–H groups in total. The van der Waals surface area contributed by atoms with Crippen molar-refractivity contribution >= 4 is 11.6 Å². The van der Waals surface area contributed by atoms with Crippen molar-refractivity contribution in [1.29, 1.82) is 0 Å². The van der Waals surface area contributed by atoms with Crippen molar-refractivity contribution in [2.75, 3.05) is 46.4 Å². The van der Waals surface area contributed by atoms with Crippen molar-refractivity contribution in [1.82, 2.24) is 10.6 Å². The number of aliphatic imine (C=N–C) groups is 1. The van der Waals surface area contributed by atoms with Crippen LogP contribution in [0, 0.1) is 5.92 Å². The van der Waals surface area contributed by atoms with E-state index in [4.69, 9.17) is 14.2 Å². The molecular weight excluding hydrogens is 404 g/mol. The Kier molecular flexibility index (Phi) is 8.48. The number of hydrogen-bond donors (Lipinski definition) is 2. The third-order valence-electron chi connectivity index (χ3n) is 5.95. The number of nitrogens with zero attached hydrogens (tertiary/aromatic N) is 2. The number of benzene rings is 2. The van der Waals surface area contributed by atoms with E-state index in [1.165, 1.54) is 24.1 Å². The Hall–Kier alpha value is -3.09. The molecule has 0 atom stereocenters. The molecule has 0 saturated carbocycles. The quantitative estimate of drug-likeness (QED) is 0.481. The number of guanidine groups is 1. The van der Waals surface area contributed by atoms with Gasteiger partial charge in [-0.25, -0.2) is 0 Å². The minimum Gasteiger partial charge on any atom is -0.493 e. The third-order valence-corrected chi connectivity index (χ3v) is 5.95. The Labute approximate surface area is 191 Å². The standard InChI is InChI=1S/C25H36N4O3/c1-18-10-12-29(13-11-18)21-8-6-19(7-9-21)16-27-25(26-2)28-17-20-14-22(30-3)24(32-5)23(15-20)31-4/h6-9,14-15,18H,10-13,16-17H2,1-5H3,(H2,26,27,28). The summed E-state index contributed by atoms with van der Waals surface area (Å²) in [7, 11) is 6.60. The van der Waals surface area contributed by atoms with Gasteiger partial charge in [-0.05, 0) is 54.2 Å². The molecular formula is C25H36N4O3. The summed E-state index contributed by atoms with van der Waals surface area (Å²) in [5.41, 5.74) is 3.53. The van der Waals surface area contributed by atoms with Crippen molar-refractivity contribution in [2.24, 2.45) is 10.9 Å². The third kappa shape index (κ3) is 5.99. The Bertz CT molecular complexity index is 866. The highest BCUT2D eigenvalue weighted by atomic mass is 16.5. The zero-order valence-corrected chi connectivity index (χ0v) is 19.9. The van der Waals surface area contributed by atoms with Gasteiger partial charge in [0, 0.05) is 38.9 Å². The summed E-state index contributed by atoms with van der Waals surface area (Å²) in [6.07, 6.45) is 2.55. The summed E-state index contributed by atoms with van der Waals surface area (Å²) in [5, 5.41) is 6.72. The van der Waals surface area contributed by atoms with Gasteiger partial charge in [-0.2, -0.15) is 0 Å². The van der Waals surface area contributed by atoms with Crippen molar-refractivity contribution < 1.29 is 14.2 Å². The van der Waals surface area contributed by atoms with Crippen LogP contribution in [0.3, 0.4) is 0 Å². The number of rotatable bonds is 8. The van der Waals surface area contributed by atoms with E-state index in [0.29, 0.717) is 30.3 Å². The molecule has 174 valence electrons. The van der Waals surface area contributed by atoms with Gasteiger partial charge in [-0.1, -0.05) is 19.1 Å². The van der Waals surface area contributed by atoms with Crippen LogP contribution < -0.4 is 29.7 Å². The highest BCUT2D eigenvalue weighted by molar-refractivity contribution is 5.79. The maximum Gasteiger partial charge on any atom is 0.203 e. The van der Waals surface area contributed by atoms with E-state index in [-0.39, 0.29) is 0 Å². The molecule has 32 heavy (non-hydrogen) atoms. The summed E-state index contributed by atoms with van der Waals surface area (Å²) in [6.45, 7) is 5.91. The van der Waals surface area contributed by atoms with Crippen LogP contribution >= 0.6 is 0 Å². The average Bonchev–Trinajstić information content (AvgIpc) is 2.84. The second-order valence-corrected chi connectivity index (χ2v) is 8.15. The second kappa shape index (κ2) is 11.5. The molecule has 0 aromatic heterocycles. The smallest absolute Gasteiger partial charge is 0.203 e. The molecule has 0 bridgehead atoms. The lowest BCUT2D eigenvalue weighted by Gasteiger charge is -2.32. The van der Waals surface area contributed by atoms with Gasteiger partial charge in [0.1, 0.15) is 0 Å². The topological polar surface area (TPSA) is 67.4 Å². The van der Waals surface area contributed by atoms with Crippen LogP contribution in [0.1, 0.15) is 30.9 Å². The van der Waals surface area contributed by atoms with Gasteiger partial charge in [0.25, 0.3) is 0 Å². The fraction of sp³-hybridized carbons (Fsp3) is 0.480. The van der Waals surface area contributed by atoms with Crippen LogP contribution in [0.25, 0.3) is 0 Å². The van der Waals surface area contributed by atoms with Crippen LogP contribution in [-0.2, 0) is 13.1 Å². The highest BCUT2D eigenvalue weighted by Gasteiger charge is 2.16. The number of hydrogen-bond acceptors (Lipinski definition) is 5. The van der Waals surface area contributed by atoms with Crippen LogP contribution in [0.4, 0.5) is 5.69 Å². The second-order valence-electron chi connectivity index (χ2n) is 8.15. The SMILES string of the molecule is CN=C(NCc1ccc(N2CCC(C)CC2)cc1)NCc1cc(OC)c(OC)c(OC)c1. The fourth-order valence-electron chi connectivity index (χ4n) is 3.92. The van der Waals surface area contributed by atoms with Gasteiger partial charge in [-0.3, -0.25) is 4.99 Å². The number of ether oxygens (including phenoxy) is 3. The molecule has 0 amide bonds. The normalized spacial score (nSPS) is 14.8. The van der Waals surface area contributed by atoms with Crippen LogP contribution in [0.5, 0.6) is 17.2 Å². The first kappa shape index (κ1) is 23.6. The monoisotopic (exact) mass is 440 g/mol. The van der Waals surface area contributed by atoms with E-state index in [2.05, 4.69) is 51.7 Å². The Morgan fingerprint density at radius 3 is 1.97 bits per heavy atom. The molecule has 1 saturated heterocycles. The predicted octanol–water partition coefficient (Wildman–Crippen LogP) is 3.81. The zero-order chi connectivity index (χ0) is 22.9. The van der Waals surface area contributed by atoms with Gasteiger partial charge < -0.3 is 29.7 Å². The number of anilines is 1. The molecule has 3 rings (SSSR count). The maximum atomic E-state index is 5.43. The van der Waals surface area contributed by atoms with Gasteiger partial charge in [0.15, 0.2) is 17.5 Å². The van der Waals surface area contributed by atoms with E-state index in [9.17, 15) is 0 Å². The Balaban J connectivity index is 1.54. The molecule has 7 heteroatoms. The number of methoxy groups -OCH3 is 3. The molecule has 2 aromatic carbocycles. The maximum absolute atomic E-state index is 5.43. The molecule has 0 spiro atoms. The van der Waals surface area contributed by atoms with E-state index in [0.717, 1.165) is 30.5 Å². The lowest BCUT2D eigenvalue weighted by molar-refractivity contribution is 0.323. The minimum atomic E-state index is 0.572. The first-order chi connectivity index (χ1) is 15.6. The van der Waals surface area contributed by atoms with E-state index in [1.807, 2.05) is 12.1 Å². The lowest BCUT2D eigenvalue weighted by Crippen LogP contribution is -2.36.